The Kier molecular flexibility index (Phi) is 7.47. The Labute approximate surface area is 119 Å². The number of halogens is 1. The van der Waals surface area contributed by atoms with Gasteiger partial charge < -0.3 is 10.2 Å². The predicted molar refractivity (Wildman–Crippen MR) is 82.9 cm³/mol. The summed E-state index contributed by atoms with van der Waals surface area (Å²) in [5.41, 5.74) is 1.12. The number of aromatic nitrogens is 1. The van der Waals surface area contributed by atoms with Crippen LogP contribution in [0.5, 0.6) is 0 Å². The maximum Gasteiger partial charge on any atom is 0.128 e. The number of nitrogens with one attached hydrogen (secondary N) is 1. The first-order valence-electron chi connectivity index (χ1n) is 6.24. The van der Waals surface area contributed by atoms with Gasteiger partial charge in [-0.1, -0.05) is 18.5 Å². The molecular weight excluding hydrogens is 266 g/mol. The first-order chi connectivity index (χ1) is 8.69. The van der Waals surface area contributed by atoms with Crippen molar-refractivity contribution in [2.75, 3.05) is 37.0 Å². The second-order valence-corrected chi connectivity index (χ2v) is 5.62. The van der Waals surface area contributed by atoms with Crippen molar-refractivity contribution in [3.63, 3.8) is 0 Å². The summed E-state index contributed by atoms with van der Waals surface area (Å²) in [5, 5.41) is 4.10. The zero-order valence-corrected chi connectivity index (χ0v) is 12.9. The van der Waals surface area contributed by atoms with E-state index in [0.717, 1.165) is 48.2 Å². The molecule has 1 aromatic heterocycles. The van der Waals surface area contributed by atoms with E-state index in [1.807, 2.05) is 11.8 Å². The summed E-state index contributed by atoms with van der Waals surface area (Å²) in [6.07, 6.45) is 4.99. The van der Waals surface area contributed by atoms with Crippen molar-refractivity contribution >= 4 is 29.2 Å². The molecule has 0 aromatic carbocycles. The molecule has 0 aliphatic heterocycles. The number of thioether (sulfide) groups is 1. The van der Waals surface area contributed by atoms with Crippen LogP contribution in [-0.4, -0.2) is 37.1 Å². The van der Waals surface area contributed by atoms with Crippen LogP contribution in [0.4, 0.5) is 5.82 Å². The van der Waals surface area contributed by atoms with Crippen molar-refractivity contribution in [3.05, 3.63) is 22.8 Å². The van der Waals surface area contributed by atoms with Gasteiger partial charge in [0.25, 0.3) is 0 Å². The van der Waals surface area contributed by atoms with E-state index in [2.05, 4.69) is 41.5 Å². The molecule has 0 saturated carbocycles. The third kappa shape index (κ3) is 5.04. The second kappa shape index (κ2) is 8.62. The Morgan fingerprint density at radius 3 is 2.94 bits per heavy atom. The highest BCUT2D eigenvalue weighted by Crippen LogP contribution is 2.20. The highest BCUT2D eigenvalue weighted by atomic mass is 35.5. The predicted octanol–water partition coefficient (Wildman–Crippen LogP) is 3.03. The van der Waals surface area contributed by atoms with E-state index in [1.165, 1.54) is 0 Å². The highest BCUT2D eigenvalue weighted by Gasteiger charge is 2.06. The van der Waals surface area contributed by atoms with Crippen molar-refractivity contribution in [1.29, 1.82) is 0 Å². The average molecular weight is 288 g/mol. The number of nitrogens with zero attached hydrogens (tertiary/aromatic N) is 2. The molecular formula is C13H22ClN3S. The third-order valence-corrected chi connectivity index (χ3v) is 3.62. The van der Waals surface area contributed by atoms with Crippen molar-refractivity contribution in [3.8, 4) is 0 Å². The lowest BCUT2D eigenvalue weighted by Crippen LogP contribution is -2.22. The SMILES string of the molecule is CCCNCc1cc(N(C)CCSC)ncc1Cl. The largest absolute Gasteiger partial charge is 0.359 e. The van der Waals surface area contributed by atoms with Gasteiger partial charge in [0.2, 0.25) is 0 Å². The fraction of sp³-hybridized carbons (Fsp3) is 0.615. The molecule has 0 fully saturated rings. The summed E-state index contributed by atoms with van der Waals surface area (Å²) in [5.74, 6) is 2.09. The maximum atomic E-state index is 6.16. The van der Waals surface area contributed by atoms with Crippen molar-refractivity contribution in [2.24, 2.45) is 0 Å². The molecule has 1 rings (SSSR count). The minimum Gasteiger partial charge on any atom is -0.359 e. The molecule has 0 radical (unpaired) electrons. The van der Waals surface area contributed by atoms with Crippen LogP contribution in [0.15, 0.2) is 12.3 Å². The molecule has 0 bridgehead atoms. The molecule has 3 nitrogen and oxygen atoms in total. The van der Waals surface area contributed by atoms with E-state index in [-0.39, 0.29) is 0 Å². The van der Waals surface area contributed by atoms with Crippen LogP contribution in [0, 0.1) is 0 Å². The normalized spacial score (nSPS) is 10.7. The molecule has 0 spiro atoms. The average Bonchev–Trinajstić information content (AvgIpc) is 2.38. The summed E-state index contributed by atoms with van der Waals surface area (Å²) < 4.78 is 0. The summed E-state index contributed by atoms with van der Waals surface area (Å²) >= 11 is 8.00. The topological polar surface area (TPSA) is 28.2 Å². The molecule has 0 unspecified atom stereocenters. The lowest BCUT2D eigenvalue weighted by atomic mass is 10.2. The molecule has 0 aliphatic carbocycles. The summed E-state index contributed by atoms with van der Waals surface area (Å²) in [6, 6.07) is 2.07. The molecule has 1 heterocycles. The van der Waals surface area contributed by atoms with E-state index in [1.54, 1.807) is 6.20 Å². The fourth-order valence-electron chi connectivity index (χ4n) is 1.55. The number of rotatable bonds is 8. The van der Waals surface area contributed by atoms with Crippen LogP contribution < -0.4 is 10.2 Å². The lowest BCUT2D eigenvalue weighted by molar-refractivity contribution is 0.675. The molecule has 0 atom stereocenters. The quantitative estimate of drug-likeness (QED) is 0.744. The molecule has 1 aromatic rings. The minimum absolute atomic E-state index is 0.737. The van der Waals surface area contributed by atoms with Gasteiger partial charge in [-0.25, -0.2) is 4.98 Å². The molecule has 5 heteroatoms. The van der Waals surface area contributed by atoms with Crippen LogP contribution in [0.1, 0.15) is 18.9 Å². The monoisotopic (exact) mass is 287 g/mol. The lowest BCUT2D eigenvalue weighted by Gasteiger charge is -2.18. The molecule has 18 heavy (non-hydrogen) atoms. The zero-order valence-electron chi connectivity index (χ0n) is 11.4. The molecule has 0 saturated heterocycles. The number of hydrogen-bond acceptors (Lipinski definition) is 4. The molecule has 102 valence electrons. The van der Waals surface area contributed by atoms with Gasteiger partial charge in [-0.3, -0.25) is 0 Å². The van der Waals surface area contributed by atoms with Gasteiger partial charge >= 0.3 is 0 Å². The number of hydrogen-bond donors (Lipinski definition) is 1. The smallest absolute Gasteiger partial charge is 0.128 e. The standard InChI is InChI=1S/C13H22ClN3S/c1-4-5-15-9-11-8-13(16-10-12(11)14)17(2)6-7-18-3/h8,10,15H,4-7,9H2,1-3H3. The van der Waals surface area contributed by atoms with Gasteiger partial charge in [-0.05, 0) is 30.9 Å². The Morgan fingerprint density at radius 1 is 1.50 bits per heavy atom. The summed E-state index contributed by atoms with van der Waals surface area (Å²) in [6.45, 7) is 4.97. The fourth-order valence-corrected chi connectivity index (χ4v) is 2.18. The van der Waals surface area contributed by atoms with Crippen LogP contribution in [-0.2, 0) is 6.54 Å². The summed E-state index contributed by atoms with van der Waals surface area (Å²) in [4.78, 5) is 6.54. The van der Waals surface area contributed by atoms with Gasteiger partial charge in [-0.2, -0.15) is 11.8 Å². The number of pyridine rings is 1. The Morgan fingerprint density at radius 2 is 2.28 bits per heavy atom. The van der Waals surface area contributed by atoms with Gasteiger partial charge in [0.15, 0.2) is 0 Å². The van der Waals surface area contributed by atoms with E-state index in [9.17, 15) is 0 Å². The Balaban J connectivity index is 2.67. The van der Waals surface area contributed by atoms with E-state index in [0.29, 0.717) is 0 Å². The van der Waals surface area contributed by atoms with E-state index in [4.69, 9.17) is 11.6 Å². The van der Waals surface area contributed by atoms with Gasteiger partial charge in [-0.15, -0.1) is 0 Å². The Bertz CT molecular complexity index is 360. The van der Waals surface area contributed by atoms with Crippen LogP contribution in [0.2, 0.25) is 5.02 Å². The molecule has 0 aliphatic rings. The van der Waals surface area contributed by atoms with Gasteiger partial charge in [0.05, 0.1) is 5.02 Å². The van der Waals surface area contributed by atoms with Crippen LogP contribution in [0.3, 0.4) is 0 Å². The minimum atomic E-state index is 0.737. The van der Waals surface area contributed by atoms with Crippen molar-refractivity contribution in [1.82, 2.24) is 10.3 Å². The van der Waals surface area contributed by atoms with Gasteiger partial charge in [0, 0.05) is 32.1 Å². The summed E-state index contributed by atoms with van der Waals surface area (Å²) in [7, 11) is 2.07. The van der Waals surface area contributed by atoms with Crippen LogP contribution >= 0.6 is 23.4 Å². The molecule has 0 amide bonds. The van der Waals surface area contributed by atoms with E-state index >= 15 is 0 Å². The first kappa shape index (κ1) is 15.6. The van der Waals surface area contributed by atoms with Crippen molar-refractivity contribution in [2.45, 2.75) is 19.9 Å². The Hall–Kier alpha value is -0.450. The first-order valence-corrected chi connectivity index (χ1v) is 8.01. The highest BCUT2D eigenvalue weighted by molar-refractivity contribution is 7.98. The maximum absolute atomic E-state index is 6.16. The second-order valence-electron chi connectivity index (χ2n) is 4.23. The van der Waals surface area contributed by atoms with Crippen LogP contribution in [0.25, 0.3) is 0 Å². The van der Waals surface area contributed by atoms with E-state index < -0.39 is 0 Å². The zero-order chi connectivity index (χ0) is 13.4. The molecule has 1 N–H and O–H groups in total. The third-order valence-electron chi connectivity index (χ3n) is 2.68. The van der Waals surface area contributed by atoms with Crippen molar-refractivity contribution < 1.29 is 0 Å². The van der Waals surface area contributed by atoms with Gasteiger partial charge in [0.1, 0.15) is 5.82 Å². The number of anilines is 1.